The van der Waals surface area contributed by atoms with E-state index in [0.717, 1.165) is 25.7 Å². The number of fused-ring (bicyclic) bond motifs is 1. The van der Waals surface area contributed by atoms with E-state index in [1.807, 2.05) is 6.07 Å². The summed E-state index contributed by atoms with van der Waals surface area (Å²) in [7, 11) is 0. The predicted molar refractivity (Wildman–Crippen MR) is 103 cm³/mol. The molecule has 2 heterocycles. The maximum absolute atomic E-state index is 12.4. The Morgan fingerprint density at radius 3 is 2.81 bits per heavy atom. The normalized spacial score (nSPS) is 15.3. The molecule has 26 heavy (non-hydrogen) atoms. The molecule has 2 aromatic heterocycles. The van der Waals surface area contributed by atoms with Gasteiger partial charge in [-0.05, 0) is 56.4 Å². The molecule has 0 saturated heterocycles. The van der Waals surface area contributed by atoms with Crippen LogP contribution >= 0.6 is 22.9 Å². The Morgan fingerprint density at radius 1 is 1.27 bits per heavy atom. The number of aromatic nitrogens is 1. The predicted octanol–water partition coefficient (Wildman–Crippen LogP) is 4.64. The second-order valence-electron chi connectivity index (χ2n) is 6.35. The molecule has 138 valence electrons. The van der Waals surface area contributed by atoms with Crippen molar-refractivity contribution in [3.05, 3.63) is 44.9 Å². The fourth-order valence-electron chi connectivity index (χ4n) is 2.93. The maximum atomic E-state index is 12.4. The first-order valence-electron chi connectivity index (χ1n) is 8.78. The quantitative estimate of drug-likeness (QED) is 0.608. The minimum absolute atomic E-state index is 0.192. The number of thiophene rings is 1. The number of rotatable bonds is 4. The maximum Gasteiger partial charge on any atom is 0.349 e. The van der Waals surface area contributed by atoms with Crippen LogP contribution in [0.15, 0.2) is 24.4 Å². The monoisotopic (exact) mass is 392 g/mol. The van der Waals surface area contributed by atoms with Crippen LogP contribution in [0.4, 0.5) is 5.69 Å². The van der Waals surface area contributed by atoms with E-state index in [1.54, 1.807) is 19.1 Å². The average molecular weight is 393 g/mol. The number of amides is 1. The average Bonchev–Trinajstić information content (AvgIpc) is 2.99. The molecule has 1 atom stereocenters. The van der Waals surface area contributed by atoms with Gasteiger partial charge >= 0.3 is 5.97 Å². The molecule has 0 saturated carbocycles. The zero-order valence-electron chi connectivity index (χ0n) is 14.6. The molecule has 0 spiro atoms. The molecule has 1 aliphatic rings. The number of ether oxygens (including phenoxy) is 1. The van der Waals surface area contributed by atoms with Crippen molar-refractivity contribution in [1.29, 1.82) is 0 Å². The molecule has 7 heteroatoms. The van der Waals surface area contributed by atoms with Gasteiger partial charge in [0.2, 0.25) is 0 Å². The third kappa shape index (κ3) is 4.62. The molecule has 0 aromatic carbocycles. The molecule has 1 aliphatic carbocycles. The number of esters is 1. The number of hydrogen-bond acceptors (Lipinski definition) is 5. The molecule has 1 amide bonds. The van der Waals surface area contributed by atoms with Crippen LogP contribution < -0.4 is 5.32 Å². The highest BCUT2D eigenvalue weighted by atomic mass is 35.5. The van der Waals surface area contributed by atoms with Crippen LogP contribution in [0.5, 0.6) is 0 Å². The van der Waals surface area contributed by atoms with E-state index in [-0.39, 0.29) is 5.15 Å². The molecule has 0 bridgehead atoms. The van der Waals surface area contributed by atoms with Gasteiger partial charge in [-0.3, -0.25) is 4.79 Å². The number of carbonyl (C=O) groups excluding carboxylic acids is 2. The molecular formula is C19H21ClN2O3S. The molecule has 3 rings (SSSR count). The van der Waals surface area contributed by atoms with E-state index in [2.05, 4.69) is 10.3 Å². The van der Waals surface area contributed by atoms with E-state index < -0.39 is 18.0 Å². The highest BCUT2D eigenvalue weighted by Crippen LogP contribution is 2.29. The highest BCUT2D eigenvalue weighted by Gasteiger charge is 2.22. The van der Waals surface area contributed by atoms with Crippen molar-refractivity contribution in [1.82, 2.24) is 4.98 Å². The zero-order chi connectivity index (χ0) is 18.5. The molecular weight excluding hydrogens is 372 g/mol. The van der Waals surface area contributed by atoms with E-state index in [9.17, 15) is 9.59 Å². The lowest BCUT2D eigenvalue weighted by atomic mass is 10.00. The number of anilines is 1. The van der Waals surface area contributed by atoms with Gasteiger partial charge in [0.25, 0.3) is 5.91 Å². The van der Waals surface area contributed by atoms with Crippen LogP contribution in [-0.2, 0) is 22.4 Å². The SMILES string of the molecule is CC(OC(=O)c1cc2c(s1)CCCCCC2)C(=O)Nc1cccnc1Cl. The zero-order valence-corrected chi connectivity index (χ0v) is 16.2. The summed E-state index contributed by atoms with van der Waals surface area (Å²) >= 11 is 7.42. The van der Waals surface area contributed by atoms with Gasteiger partial charge < -0.3 is 10.1 Å². The van der Waals surface area contributed by atoms with Gasteiger partial charge in [0, 0.05) is 11.1 Å². The lowest BCUT2D eigenvalue weighted by molar-refractivity contribution is -0.123. The molecule has 2 aromatic rings. The van der Waals surface area contributed by atoms with Crippen molar-refractivity contribution in [3.8, 4) is 0 Å². The molecule has 5 nitrogen and oxygen atoms in total. The first-order valence-corrected chi connectivity index (χ1v) is 9.98. The van der Waals surface area contributed by atoms with Crippen molar-refractivity contribution < 1.29 is 14.3 Å². The van der Waals surface area contributed by atoms with Crippen LogP contribution in [-0.4, -0.2) is 23.0 Å². The van der Waals surface area contributed by atoms with Crippen molar-refractivity contribution >= 4 is 40.5 Å². The number of nitrogens with zero attached hydrogens (tertiary/aromatic N) is 1. The lowest BCUT2D eigenvalue weighted by Gasteiger charge is -2.13. The number of pyridine rings is 1. The molecule has 1 N–H and O–H groups in total. The van der Waals surface area contributed by atoms with Crippen molar-refractivity contribution in [2.45, 2.75) is 51.6 Å². The lowest BCUT2D eigenvalue weighted by Crippen LogP contribution is -2.30. The largest absolute Gasteiger partial charge is 0.448 e. The molecule has 0 aliphatic heterocycles. The Morgan fingerprint density at radius 2 is 2.04 bits per heavy atom. The third-order valence-corrected chi connectivity index (χ3v) is 5.89. The van der Waals surface area contributed by atoms with E-state index in [4.69, 9.17) is 16.3 Å². The van der Waals surface area contributed by atoms with Gasteiger partial charge in [-0.15, -0.1) is 11.3 Å². The Bertz CT molecular complexity index is 780. The standard InChI is InChI=1S/C19H21ClN2O3S/c1-12(18(23)22-14-8-6-10-21-17(14)20)25-19(24)16-11-13-7-4-2-3-5-9-15(13)26-16/h6,8,10-12H,2-5,7,9H2,1H3,(H,22,23). The molecule has 1 unspecified atom stereocenters. The minimum atomic E-state index is -0.927. The van der Waals surface area contributed by atoms with Crippen LogP contribution in [0, 0.1) is 0 Å². The summed E-state index contributed by atoms with van der Waals surface area (Å²) in [6.45, 7) is 1.54. The van der Waals surface area contributed by atoms with Crippen LogP contribution in [0.25, 0.3) is 0 Å². The van der Waals surface area contributed by atoms with Crippen LogP contribution in [0.1, 0.15) is 52.7 Å². The second-order valence-corrected chi connectivity index (χ2v) is 7.85. The summed E-state index contributed by atoms with van der Waals surface area (Å²) in [5.74, 6) is -0.898. The number of hydrogen-bond donors (Lipinski definition) is 1. The van der Waals surface area contributed by atoms with Crippen LogP contribution in [0.2, 0.25) is 5.15 Å². The summed E-state index contributed by atoms with van der Waals surface area (Å²) in [5, 5.41) is 2.82. The Labute approximate surface area is 161 Å². The highest BCUT2D eigenvalue weighted by molar-refractivity contribution is 7.14. The number of aryl methyl sites for hydroxylation is 2. The second kappa shape index (κ2) is 8.64. The van der Waals surface area contributed by atoms with Crippen molar-refractivity contribution in [2.24, 2.45) is 0 Å². The topological polar surface area (TPSA) is 68.3 Å². The van der Waals surface area contributed by atoms with Gasteiger partial charge in [0.15, 0.2) is 11.3 Å². The Balaban J connectivity index is 1.63. The fraction of sp³-hybridized carbons (Fsp3) is 0.421. The van der Waals surface area contributed by atoms with Gasteiger partial charge in [-0.1, -0.05) is 24.4 Å². The van der Waals surface area contributed by atoms with Crippen LogP contribution in [0.3, 0.4) is 0 Å². The number of nitrogens with one attached hydrogen (secondary N) is 1. The fourth-order valence-corrected chi connectivity index (χ4v) is 4.23. The summed E-state index contributed by atoms with van der Waals surface area (Å²) in [6.07, 6.45) is 7.43. The Hall–Kier alpha value is -1.92. The summed E-state index contributed by atoms with van der Waals surface area (Å²) < 4.78 is 5.35. The molecule has 0 fully saturated rings. The smallest absolute Gasteiger partial charge is 0.349 e. The third-order valence-electron chi connectivity index (χ3n) is 4.37. The molecule has 0 radical (unpaired) electrons. The Kier molecular flexibility index (Phi) is 6.27. The first kappa shape index (κ1) is 18.9. The minimum Gasteiger partial charge on any atom is -0.448 e. The van der Waals surface area contributed by atoms with Gasteiger partial charge in [0.05, 0.1) is 5.69 Å². The van der Waals surface area contributed by atoms with Crippen molar-refractivity contribution in [2.75, 3.05) is 5.32 Å². The number of carbonyl (C=O) groups is 2. The first-order chi connectivity index (χ1) is 12.5. The van der Waals surface area contributed by atoms with Crippen molar-refractivity contribution in [3.63, 3.8) is 0 Å². The van der Waals surface area contributed by atoms with E-state index >= 15 is 0 Å². The summed E-state index contributed by atoms with van der Waals surface area (Å²) in [5.41, 5.74) is 1.64. The van der Waals surface area contributed by atoms with Gasteiger partial charge in [-0.25, -0.2) is 9.78 Å². The number of halogens is 1. The summed E-state index contributed by atoms with van der Waals surface area (Å²) in [6, 6.07) is 5.23. The van der Waals surface area contributed by atoms with E-state index in [1.165, 1.54) is 40.8 Å². The van der Waals surface area contributed by atoms with E-state index in [0.29, 0.717) is 10.6 Å². The van der Waals surface area contributed by atoms with Gasteiger partial charge in [0.1, 0.15) is 4.88 Å². The summed E-state index contributed by atoms with van der Waals surface area (Å²) in [4.78, 5) is 30.4. The van der Waals surface area contributed by atoms with Gasteiger partial charge in [-0.2, -0.15) is 0 Å².